The molecule has 0 aliphatic carbocycles. The number of hydrogen-bond acceptors (Lipinski definition) is 1. The Balaban J connectivity index is 3.20. The Kier molecular flexibility index (Phi) is 2.38. The Morgan fingerprint density at radius 3 is 2.23 bits per heavy atom. The number of nitrogens with zero attached hydrogens (tertiary/aromatic N) is 1. The zero-order valence-electron chi connectivity index (χ0n) is 7.39. The predicted molar refractivity (Wildman–Crippen MR) is 43.0 cm³/mol. The first-order valence-corrected chi connectivity index (χ1v) is 3.81. The van der Waals surface area contributed by atoms with Crippen molar-refractivity contribution < 1.29 is 13.2 Å². The standard InChI is InChI=1S/C8H11F3N2/c1-5(12)6-3-13(2)4-7(6)8(9,10)11/h3-5H,12H2,1-2H3/t5-/m1/s1. The molecule has 1 heterocycles. The van der Waals surface area contributed by atoms with Gasteiger partial charge in [0.05, 0.1) is 5.56 Å². The number of alkyl halides is 3. The van der Waals surface area contributed by atoms with Crippen molar-refractivity contribution >= 4 is 0 Å². The second-order valence-corrected chi connectivity index (χ2v) is 3.08. The molecule has 0 bridgehead atoms. The highest BCUT2D eigenvalue weighted by molar-refractivity contribution is 5.29. The topological polar surface area (TPSA) is 30.9 Å². The summed E-state index contributed by atoms with van der Waals surface area (Å²) in [5.74, 6) is 0. The molecule has 0 saturated heterocycles. The molecule has 1 rings (SSSR count). The third-order valence-electron chi connectivity index (χ3n) is 1.78. The van der Waals surface area contributed by atoms with Crippen LogP contribution in [0, 0.1) is 0 Å². The number of rotatable bonds is 1. The van der Waals surface area contributed by atoms with E-state index in [1.54, 1.807) is 7.05 Å². The van der Waals surface area contributed by atoms with Crippen LogP contribution < -0.4 is 5.73 Å². The van der Waals surface area contributed by atoms with Crippen LogP contribution in [0.1, 0.15) is 24.1 Å². The molecular formula is C8H11F3N2. The SMILES string of the molecule is C[C@@H](N)c1cn(C)cc1C(F)(F)F. The summed E-state index contributed by atoms with van der Waals surface area (Å²) in [5, 5.41) is 0. The molecule has 0 fully saturated rings. The second-order valence-electron chi connectivity index (χ2n) is 3.08. The molecule has 0 aliphatic heterocycles. The van der Waals surface area contributed by atoms with Gasteiger partial charge in [-0.25, -0.2) is 0 Å². The summed E-state index contributed by atoms with van der Waals surface area (Å²) in [6.45, 7) is 1.53. The van der Waals surface area contributed by atoms with E-state index in [9.17, 15) is 13.2 Å². The lowest BCUT2D eigenvalue weighted by atomic mass is 10.1. The molecule has 1 aromatic heterocycles. The van der Waals surface area contributed by atoms with Crippen molar-refractivity contribution in [3.63, 3.8) is 0 Å². The van der Waals surface area contributed by atoms with Gasteiger partial charge in [-0.15, -0.1) is 0 Å². The lowest BCUT2D eigenvalue weighted by Gasteiger charge is -2.09. The Hall–Kier alpha value is -0.970. The van der Waals surface area contributed by atoms with Crippen LogP contribution in [-0.4, -0.2) is 4.57 Å². The molecule has 0 spiro atoms. The van der Waals surface area contributed by atoms with E-state index in [1.807, 2.05) is 0 Å². The maximum absolute atomic E-state index is 12.4. The first-order valence-electron chi connectivity index (χ1n) is 3.81. The highest BCUT2D eigenvalue weighted by Gasteiger charge is 2.35. The van der Waals surface area contributed by atoms with E-state index < -0.39 is 17.8 Å². The van der Waals surface area contributed by atoms with Gasteiger partial charge in [-0.05, 0) is 12.5 Å². The van der Waals surface area contributed by atoms with Crippen molar-refractivity contribution in [3.8, 4) is 0 Å². The molecular weight excluding hydrogens is 181 g/mol. The summed E-state index contributed by atoms with van der Waals surface area (Å²) >= 11 is 0. The van der Waals surface area contributed by atoms with Crippen molar-refractivity contribution in [1.29, 1.82) is 0 Å². The van der Waals surface area contributed by atoms with Crippen LogP contribution in [0.15, 0.2) is 12.4 Å². The Morgan fingerprint density at radius 2 is 1.92 bits per heavy atom. The molecule has 0 saturated carbocycles. The lowest BCUT2D eigenvalue weighted by Crippen LogP contribution is -2.12. The fourth-order valence-corrected chi connectivity index (χ4v) is 1.20. The zero-order chi connectivity index (χ0) is 10.2. The molecule has 13 heavy (non-hydrogen) atoms. The van der Waals surface area contributed by atoms with Crippen molar-refractivity contribution in [2.45, 2.75) is 19.1 Å². The highest BCUT2D eigenvalue weighted by Crippen LogP contribution is 2.34. The maximum Gasteiger partial charge on any atom is 0.418 e. The van der Waals surface area contributed by atoms with E-state index in [1.165, 1.54) is 17.7 Å². The first kappa shape index (κ1) is 10.1. The normalized spacial score (nSPS) is 14.6. The first-order chi connectivity index (χ1) is 5.82. The number of aryl methyl sites for hydroxylation is 1. The second kappa shape index (κ2) is 3.06. The molecule has 2 nitrogen and oxygen atoms in total. The average Bonchev–Trinajstić information content (AvgIpc) is 2.29. The zero-order valence-corrected chi connectivity index (χ0v) is 7.39. The van der Waals surface area contributed by atoms with Crippen LogP contribution >= 0.6 is 0 Å². The van der Waals surface area contributed by atoms with Gasteiger partial charge in [0, 0.05) is 25.5 Å². The third kappa shape index (κ3) is 2.03. The average molecular weight is 192 g/mol. The molecule has 1 aromatic rings. The molecule has 5 heteroatoms. The van der Waals surface area contributed by atoms with Gasteiger partial charge in [0.25, 0.3) is 0 Å². The number of halogens is 3. The lowest BCUT2D eigenvalue weighted by molar-refractivity contribution is -0.138. The number of aromatic nitrogens is 1. The predicted octanol–water partition coefficient (Wildman–Crippen LogP) is 2.06. The molecule has 0 aromatic carbocycles. The van der Waals surface area contributed by atoms with E-state index in [0.29, 0.717) is 0 Å². The van der Waals surface area contributed by atoms with Gasteiger partial charge in [0.2, 0.25) is 0 Å². The van der Waals surface area contributed by atoms with Crippen LogP contribution in [0.4, 0.5) is 13.2 Å². The van der Waals surface area contributed by atoms with Crippen LogP contribution in [-0.2, 0) is 13.2 Å². The summed E-state index contributed by atoms with van der Waals surface area (Å²) in [7, 11) is 1.54. The van der Waals surface area contributed by atoms with E-state index in [0.717, 1.165) is 6.20 Å². The van der Waals surface area contributed by atoms with Gasteiger partial charge in [-0.1, -0.05) is 0 Å². The van der Waals surface area contributed by atoms with E-state index >= 15 is 0 Å². The monoisotopic (exact) mass is 192 g/mol. The molecule has 0 radical (unpaired) electrons. The Morgan fingerprint density at radius 1 is 1.38 bits per heavy atom. The minimum absolute atomic E-state index is 0.134. The molecule has 1 atom stereocenters. The van der Waals surface area contributed by atoms with Gasteiger partial charge in [0.1, 0.15) is 0 Å². The van der Waals surface area contributed by atoms with Crippen LogP contribution in [0.25, 0.3) is 0 Å². The van der Waals surface area contributed by atoms with Gasteiger partial charge in [-0.2, -0.15) is 13.2 Å². The Bertz CT molecular complexity index is 299. The summed E-state index contributed by atoms with van der Waals surface area (Å²) in [6.07, 6.45) is -1.88. The summed E-state index contributed by atoms with van der Waals surface area (Å²) in [6, 6.07) is -0.599. The van der Waals surface area contributed by atoms with E-state index in [4.69, 9.17) is 5.73 Å². The third-order valence-corrected chi connectivity index (χ3v) is 1.78. The largest absolute Gasteiger partial charge is 0.418 e. The molecule has 0 aliphatic rings. The summed E-state index contributed by atoms with van der Waals surface area (Å²) in [4.78, 5) is 0. The van der Waals surface area contributed by atoms with Gasteiger partial charge < -0.3 is 10.3 Å². The number of nitrogens with two attached hydrogens (primary N) is 1. The minimum Gasteiger partial charge on any atom is -0.356 e. The molecule has 0 unspecified atom stereocenters. The summed E-state index contributed by atoms with van der Waals surface area (Å²) in [5.41, 5.74) is 4.90. The number of hydrogen-bond donors (Lipinski definition) is 1. The van der Waals surface area contributed by atoms with Crippen molar-refractivity contribution in [2.24, 2.45) is 12.8 Å². The van der Waals surface area contributed by atoms with Crippen LogP contribution in [0.3, 0.4) is 0 Å². The van der Waals surface area contributed by atoms with Crippen LogP contribution in [0.5, 0.6) is 0 Å². The minimum atomic E-state index is -4.32. The van der Waals surface area contributed by atoms with Crippen LogP contribution in [0.2, 0.25) is 0 Å². The summed E-state index contributed by atoms with van der Waals surface area (Å²) < 4.78 is 38.4. The molecule has 0 amide bonds. The fraction of sp³-hybridized carbons (Fsp3) is 0.500. The maximum atomic E-state index is 12.4. The van der Waals surface area contributed by atoms with E-state index in [2.05, 4.69) is 0 Å². The van der Waals surface area contributed by atoms with E-state index in [-0.39, 0.29) is 5.56 Å². The fourth-order valence-electron chi connectivity index (χ4n) is 1.20. The van der Waals surface area contributed by atoms with Gasteiger partial charge in [-0.3, -0.25) is 0 Å². The van der Waals surface area contributed by atoms with Crippen molar-refractivity contribution in [1.82, 2.24) is 4.57 Å². The highest BCUT2D eigenvalue weighted by atomic mass is 19.4. The smallest absolute Gasteiger partial charge is 0.356 e. The van der Waals surface area contributed by atoms with Crippen molar-refractivity contribution in [3.05, 3.63) is 23.5 Å². The Labute approximate surface area is 74.1 Å². The van der Waals surface area contributed by atoms with Gasteiger partial charge >= 0.3 is 6.18 Å². The molecule has 74 valence electrons. The molecule has 2 N–H and O–H groups in total. The van der Waals surface area contributed by atoms with Crippen molar-refractivity contribution in [2.75, 3.05) is 0 Å². The van der Waals surface area contributed by atoms with Gasteiger partial charge in [0.15, 0.2) is 0 Å². The quantitative estimate of drug-likeness (QED) is 0.725.